The molecule has 0 saturated heterocycles. The first kappa shape index (κ1) is 21.0. The zero-order valence-corrected chi connectivity index (χ0v) is 19.0. The van der Waals surface area contributed by atoms with E-state index in [0.29, 0.717) is 0 Å². The Morgan fingerprint density at radius 2 is 1.17 bits per heavy atom. The molecule has 1 nitrogen and oxygen atoms in total. The molecule has 0 aromatic heterocycles. The van der Waals surface area contributed by atoms with E-state index in [9.17, 15) is 5.11 Å². The van der Waals surface area contributed by atoms with Crippen molar-refractivity contribution in [3.8, 4) is 0 Å². The molecule has 0 amide bonds. The van der Waals surface area contributed by atoms with E-state index in [4.69, 9.17) is 0 Å². The van der Waals surface area contributed by atoms with Gasteiger partial charge in [-0.1, -0.05) is 0 Å². The fourth-order valence-electron chi connectivity index (χ4n) is 3.59. The Morgan fingerprint density at radius 1 is 0.783 bits per heavy atom. The average molecular weight is 425 g/mol. The molecule has 0 bridgehead atoms. The number of rotatable bonds is 11. The van der Waals surface area contributed by atoms with Crippen molar-refractivity contribution in [2.45, 2.75) is 92.1 Å². The molecule has 132 valence electrons. The Kier molecular flexibility index (Phi) is 9.21. The first-order chi connectivity index (χ1) is 10.9. The zero-order chi connectivity index (χ0) is 17.3. The maximum absolute atomic E-state index is 10.2. The predicted molar refractivity (Wildman–Crippen MR) is 106 cm³/mol. The Labute approximate surface area is 148 Å². The molecule has 2 heteroatoms. The minimum atomic E-state index is -2.28. The zero-order valence-electron chi connectivity index (χ0n) is 16.1. The quantitative estimate of drug-likeness (QED) is 0.433. The maximum atomic E-state index is 10.2. The van der Waals surface area contributed by atoms with Gasteiger partial charge in [-0.3, -0.25) is 0 Å². The van der Waals surface area contributed by atoms with E-state index in [-0.39, 0.29) is 0 Å². The van der Waals surface area contributed by atoms with Crippen LogP contribution in [0, 0.1) is 0 Å². The van der Waals surface area contributed by atoms with Crippen molar-refractivity contribution >= 4 is 22.0 Å². The molecule has 0 aliphatic carbocycles. The first-order valence-electron chi connectivity index (χ1n) is 9.73. The summed E-state index contributed by atoms with van der Waals surface area (Å²) < 4.78 is 6.22. The van der Waals surface area contributed by atoms with Gasteiger partial charge in [0.15, 0.2) is 0 Å². The van der Waals surface area contributed by atoms with Crippen LogP contribution in [0.15, 0.2) is 24.3 Å². The van der Waals surface area contributed by atoms with Crippen LogP contribution in [0.2, 0.25) is 13.3 Å². The van der Waals surface area contributed by atoms with Crippen LogP contribution in [0.5, 0.6) is 0 Å². The van der Waals surface area contributed by atoms with Crippen LogP contribution >= 0.6 is 0 Å². The van der Waals surface area contributed by atoms with Crippen LogP contribution in [0.1, 0.15) is 78.7 Å². The molecule has 0 spiro atoms. The van der Waals surface area contributed by atoms with Gasteiger partial charge in [0.05, 0.1) is 0 Å². The van der Waals surface area contributed by atoms with Gasteiger partial charge in [-0.25, -0.2) is 0 Å². The number of unbranched alkanes of at least 4 members (excludes halogenated alkanes) is 3. The van der Waals surface area contributed by atoms with Gasteiger partial charge in [0.1, 0.15) is 0 Å². The Balaban J connectivity index is 3.12. The van der Waals surface area contributed by atoms with Gasteiger partial charge in [0.25, 0.3) is 0 Å². The summed E-state index contributed by atoms with van der Waals surface area (Å²) >= 11 is -2.28. The summed E-state index contributed by atoms with van der Waals surface area (Å²) in [6.07, 6.45) is 8.15. The van der Waals surface area contributed by atoms with Gasteiger partial charge in [-0.15, -0.1) is 0 Å². The van der Waals surface area contributed by atoms with Gasteiger partial charge >= 0.3 is 149 Å². The summed E-state index contributed by atoms with van der Waals surface area (Å²) in [5, 5.41) is 10.2. The summed E-state index contributed by atoms with van der Waals surface area (Å²) in [6.45, 7) is 10.7. The molecular formula is C21H38OSn. The van der Waals surface area contributed by atoms with Crippen molar-refractivity contribution in [1.82, 2.24) is 0 Å². The van der Waals surface area contributed by atoms with Crippen molar-refractivity contribution in [3.05, 3.63) is 29.8 Å². The topological polar surface area (TPSA) is 20.2 Å². The van der Waals surface area contributed by atoms with Crippen LogP contribution in [-0.2, 0) is 5.60 Å². The monoisotopic (exact) mass is 426 g/mol. The summed E-state index contributed by atoms with van der Waals surface area (Å²) in [7, 11) is 0. The van der Waals surface area contributed by atoms with E-state index < -0.39 is 24.0 Å². The van der Waals surface area contributed by atoms with Crippen molar-refractivity contribution in [1.29, 1.82) is 0 Å². The van der Waals surface area contributed by atoms with Gasteiger partial charge in [-0.05, 0) is 0 Å². The molecule has 0 radical (unpaired) electrons. The Hall–Kier alpha value is -0.0213. The SMILES string of the molecule is CCC[CH2][Sn]([CH2]CCC)([CH2]CCC)[c]1ccc(C(C)(C)O)cc1. The molecular weight excluding hydrogens is 387 g/mol. The Morgan fingerprint density at radius 3 is 1.48 bits per heavy atom. The number of hydrogen-bond acceptors (Lipinski definition) is 1. The van der Waals surface area contributed by atoms with E-state index in [1.54, 1.807) is 3.58 Å². The third-order valence-electron chi connectivity index (χ3n) is 5.23. The second kappa shape index (κ2) is 10.1. The van der Waals surface area contributed by atoms with E-state index in [0.717, 1.165) is 5.56 Å². The van der Waals surface area contributed by atoms with Gasteiger partial charge in [0.2, 0.25) is 0 Å². The van der Waals surface area contributed by atoms with E-state index in [1.165, 1.54) is 51.8 Å². The van der Waals surface area contributed by atoms with Gasteiger partial charge < -0.3 is 0 Å². The first-order valence-corrected chi connectivity index (χ1v) is 17.2. The summed E-state index contributed by atoms with van der Waals surface area (Å²) in [5.74, 6) is 0. The van der Waals surface area contributed by atoms with Crippen molar-refractivity contribution in [2.24, 2.45) is 0 Å². The summed E-state index contributed by atoms with van der Waals surface area (Å²) in [6, 6.07) is 9.13. The van der Waals surface area contributed by atoms with E-state index in [2.05, 4.69) is 45.0 Å². The number of aliphatic hydroxyl groups is 1. The van der Waals surface area contributed by atoms with Crippen molar-refractivity contribution in [3.63, 3.8) is 0 Å². The fourth-order valence-corrected chi connectivity index (χ4v) is 19.5. The van der Waals surface area contributed by atoms with Gasteiger partial charge in [-0.2, -0.15) is 0 Å². The minimum absolute atomic E-state index is 0.729. The molecule has 1 rings (SSSR count). The van der Waals surface area contributed by atoms with Crippen molar-refractivity contribution < 1.29 is 5.11 Å². The molecule has 0 aliphatic rings. The molecule has 1 N–H and O–H groups in total. The second-order valence-corrected chi connectivity index (χ2v) is 21.0. The van der Waals surface area contributed by atoms with Crippen LogP contribution in [-0.4, -0.2) is 23.5 Å². The molecule has 0 fully saturated rings. The number of benzene rings is 1. The average Bonchev–Trinajstić information content (AvgIpc) is 2.54. The third kappa shape index (κ3) is 6.42. The molecule has 0 atom stereocenters. The van der Waals surface area contributed by atoms with Gasteiger partial charge in [0, 0.05) is 0 Å². The van der Waals surface area contributed by atoms with Crippen LogP contribution in [0.3, 0.4) is 0 Å². The molecule has 1 aromatic carbocycles. The number of hydrogen-bond donors (Lipinski definition) is 1. The molecule has 0 aliphatic heterocycles. The van der Waals surface area contributed by atoms with E-state index in [1.807, 2.05) is 13.8 Å². The molecule has 1 aromatic rings. The second-order valence-electron chi connectivity index (χ2n) is 7.73. The third-order valence-corrected chi connectivity index (χ3v) is 20.9. The van der Waals surface area contributed by atoms with E-state index >= 15 is 0 Å². The molecule has 0 heterocycles. The fraction of sp³-hybridized carbons (Fsp3) is 0.714. The van der Waals surface area contributed by atoms with Crippen LogP contribution in [0.25, 0.3) is 0 Å². The molecule has 0 saturated carbocycles. The normalized spacial score (nSPS) is 12.6. The summed E-state index contributed by atoms with van der Waals surface area (Å²) in [4.78, 5) is 0. The van der Waals surface area contributed by atoms with Crippen LogP contribution in [0.4, 0.5) is 0 Å². The standard InChI is InChI=1S/C9H11O.3C4H9.Sn/c1-9(2,10)8-6-4-3-5-7-8;3*1-3-4-2;/h4-7,10H,1-2H3;3*1,3-4H2,2H3;. The summed E-state index contributed by atoms with van der Waals surface area (Å²) in [5.41, 5.74) is 0.315. The predicted octanol–water partition coefficient (Wildman–Crippen LogP) is 5.97. The molecule has 23 heavy (non-hydrogen) atoms. The van der Waals surface area contributed by atoms with Crippen molar-refractivity contribution in [2.75, 3.05) is 0 Å². The van der Waals surface area contributed by atoms with Crippen LogP contribution < -0.4 is 3.58 Å². The Bertz CT molecular complexity index is 408. The molecule has 0 unspecified atom stereocenters.